The predicted octanol–water partition coefficient (Wildman–Crippen LogP) is 3.58. The van der Waals surface area contributed by atoms with Gasteiger partial charge in [-0.1, -0.05) is 32.4 Å². The molecule has 0 radical (unpaired) electrons. The average molecular weight is 234 g/mol. The number of rotatable bonds is 6. The predicted molar refractivity (Wildman–Crippen MR) is 76.4 cm³/mol. The fourth-order valence-corrected chi connectivity index (χ4v) is 1.91. The van der Waals surface area contributed by atoms with Crippen LogP contribution in [0.5, 0.6) is 0 Å². The van der Waals surface area contributed by atoms with Gasteiger partial charge in [0.2, 0.25) is 0 Å². The second-order valence-corrected chi connectivity index (χ2v) is 4.93. The third-order valence-electron chi connectivity index (χ3n) is 3.39. The molecule has 96 valence electrons. The molecule has 0 saturated carbocycles. The van der Waals surface area contributed by atoms with Crippen LogP contribution in [0.3, 0.4) is 0 Å². The highest BCUT2D eigenvalue weighted by molar-refractivity contribution is 5.47. The topological polar surface area (TPSA) is 29.3 Å². The van der Waals surface area contributed by atoms with E-state index in [-0.39, 0.29) is 6.04 Å². The molecule has 0 amide bonds. The Bertz CT molecular complexity index is 316. The second kappa shape index (κ2) is 6.65. The summed E-state index contributed by atoms with van der Waals surface area (Å²) in [5.74, 6) is 0.739. The summed E-state index contributed by atoms with van der Waals surface area (Å²) in [5, 5.41) is 0. The van der Waals surface area contributed by atoms with Crippen molar-refractivity contribution in [2.75, 3.05) is 18.0 Å². The fourth-order valence-electron chi connectivity index (χ4n) is 1.91. The quantitative estimate of drug-likeness (QED) is 0.815. The summed E-state index contributed by atoms with van der Waals surface area (Å²) in [4.78, 5) is 2.43. The SMILES string of the molecule is CCC(C)CN(CC)c1ccc([C@@H](C)N)cc1. The Labute approximate surface area is 106 Å². The van der Waals surface area contributed by atoms with Crippen LogP contribution in [0.15, 0.2) is 24.3 Å². The third kappa shape index (κ3) is 4.04. The smallest absolute Gasteiger partial charge is 0.0366 e. The van der Waals surface area contributed by atoms with E-state index >= 15 is 0 Å². The van der Waals surface area contributed by atoms with E-state index in [1.54, 1.807) is 0 Å². The molecule has 0 aliphatic rings. The molecule has 17 heavy (non-hydrogen) atoms. The summed E-state index contributed by atoms with van der Waals surface area (Å²) >= 11 is 0. The number of benzene rings is 1. The first-order valence-corrected chi connectivity index (χ1v) is 6.68. The van der Waals surface area contributed by atoms with Crippen LogP contribution in [-0.4, -0.2) is 13.1 Å². The van der Waals surface area contributed by atoms with Crippen molar-refractivity contribution in [3.8, 4) is 0 Å². The fraction of sp³-hybridized carbons (Fsp3) is 0.600. The maximum atomic E-state index is 5.86. The van der Waals surface area contributed by atoms with Gasteiger partial charge in [-0.2, -0.15) is 0 Å². The Morgan fingerprint density at radius 2 is 1.71 bits per heavy atom. The lowest BCUT2D eigenvalue weighted by Crippen LogP contribution is -2.28. The summed E-state index contributed by atoms with van der Waals surface area (Å²) in [7, 11) is 0. The first kappa shape index (κ1) is 14.0. The molecule has 0 fully saturated rings. The lowest BCUT2D eigenvalue weighted by atomic mass is 10.1. The highest BCUT2D eigenvalue weighted by atomic mass is 15.1. The largest absolute Gasteiger partial charge is 0.372 e. The molecule has 0 aliphatic carbocycles. The molecular formula is C15H26N2. The van der Waals surface area contributed by atoms with Crippen LogP contribution in [0.2, 0.25) is 0 Å². The van der Waals surface area contributed by atoms with E-state index in [9.17, 15) is 0 Å². The van der Waals surface area contributed by atoms with Crippen molar-refractivity contribution in [2.24, 2.45) is 11.7 Å². The zero-order chi connectivity index (χ0) is 12.8. The Morgan fingerprint density at radius 3 is 2.12 bits per heavy atom. The van der Waals surface area contributed by atoms with Crippen LogP contribution < -0.4 is 10.6 Å². The summed E-state index contributed by atoms with van der Waals surface area (Å²) in [5.41, 5.74) is 8.37. The van der Waals surface area contributed by atoms with Gasteiger partial charge < -0.3 is 10.6 Å². The Morgan fingerprint density at radius 1 is 1.12 bits per heavy atom. The second-order valence-electron chi connectivity index (χ2n) is 4.93. The summed E-state index contributed by atoms with van der Waals surface area (Å²) in [6, 6.07) is 8.77. The van der Waals surface area contributed by atoms with E-state index in [1.807, 2.05) is 6.92 Å². The normalized spacial score (nSPS) is 14.4. The standard InChI is InChI=1S/C15H26N2/c1-5-12(3)11-17(6-2)15-9-7-14(8-10-15)13(4)16/h7-10,12-13H,5-6,11,16H2,1-4H3/t12?,13-/m1/s1. The minimum atomic E-state index is 0.119. The van der Waals surface area contributed by atoms with Gasteiger partial charge in [-0.3, -0.25) is 0 Å². The van der Waals surface area contributed by atoms with Gasteiger partial charge in [0.05, 0.1) is 0 Å². The zero-order valence-corrected chi connectivity index (χ0v) is 11.6. The molecule has 2 atom stereocenters. The highest BCUT2D eigenvalue weighted by Gasteiger charge is 2.08. The van der Waals surface area contributed by atoms with Crippen LogP contribution in [-0.2, 0) is 0 Å². The molecule has 0 spiro atoms. The van der Waals surface area contributed by atoms with Crippen molar-refractivity contribution >= 4 is 5.69 Å². The van der Waals surface area contributed by atoms with Gasteiger partial charge >= 0.3 is 0 Å². The molecule has 0 aromatic heterocycles. The highest BCUT2D eigenvalue weighted by Crippen LogP contribution is 2.19. The van der Waals surface area contributed by atoms with Crippen molar-refractivity contribution in [1.82, 2.24) is 0 Å². The van der Waals surface area contributed by atoms with Gasteiger partial charge in [0.1, 0.15) is 0 Å². The lowest BCUT2D eigenvalue weighted by molar-refractivity contribution is 0.548. The minimum absolute atomic E-state index is 0.119. The number of nitrogens with two attached hydrogens (primary N) is 1. The molecule has 1 aromatic carbocycles. The van der Waals surface area contributed by atoms with E-state index < -0.39 is 0 Å². The van der Waals surface area contributed by atoms with E-state index in [1.165, 1.54) is 17.7 Å². The van der Waals surface area contributed by atoms with E-state index in [0.717, 1.165) is 19.0 Å². The minimum Gasteiger partial charge on any atom is -0.372 e. The van der Waals surface area contributed by atoms with E-state index in [0.29, 0.717) is 0 Å². The van der Waals surface area contributed by atoms with Crippen molar-refractivity contribution < 1.29 is 0 Å². The average Bonchev–Trinajstić information content (AvgIpc) is 2.35. The van der Waals surface area contributed by atoms with E-state index in [2.05, 4.69) is 49.9 Å². The maximum absolute atomic E-state index is 5.86. The molecule has 1 aromatic rings. The van der Waals surface area contributed by atoms with Crippen molar-refractivity contribution in [2.45, 2.75) is 40.2 Å². The van der Waals surface area contributed by atoms with Gasteiger partial charge in [-0.05, 0) is 37.5 Å². The molecule has 0 aliphatic heterocycles. The molecule has 2 heteroatoms. The van der Waals surface area contributed by atoms with Crippen LogP contribution in [0.1, 0.15) is 45.7 Å². The van der Waals surface area contributed by atoms with Crippen molar-refractivity contribution in [3.05, 3.63) is 29.8 Å². The summed E-state index contributed by atoms with van der Waals surface area (Å²) < 4.78 is 0. The maximum Gasteiger partial charge on any atom is 0.0366 e. The first-order valence-electron chi connectivity index (χ1n) is 6.68. The Hall–Kier alpha value is -1.02. The third-order valence-corrected chi connectivity index (χ3v) is 3.39. The Balaban J connectivity index is 2.75. The number of hydrogen-bond donors (Lipinski definition) is 1. The number of hydrogen-bond acceptors (Lipinski definition) is 2. The lowest BCUT2D eigenvalue weighted by Gasteiger charge is -2.26. The van der Waals surface area contributed by atoms with Crippen LogP contribution in [0, 0.1) is 5.92 Å². The van der Waals surface area contributed by atoms with Crippen molar-refractivity contribution in [3.63, 3.8) is 0 Å². The van der Waals surface area contributed by atoms with Gasteiger partial charge in [-0.15, -0.1) is 0 Å². The first-order chi connectivity index (χ1) is 8.08. The summed E-state index contributed by atoms with van der Waals surface area (Å²) in [6.45, 7) is 11.0. The zero-order valence-electron chi connectivity index (χ0n) is 11.6. The van der Waals surface area contributed by atoms with Crippen molar-refractivity contribution in [1.29, 1.82) is 0 Å². The van der Waals surface area contributed by atoms with Gasteiger partial charge in [-0.25, -0.2) is 0 Å². The molecule has 2 N–H and O–H groups in total. The van der Waals surface area contributed by atoms with Crippen LogP contribution in [0.25, 0.3) is 0 Å². The van der Waals surface area contributed by atoms with E-state index in [4.69, 9.17) is 5.73 Å². The molecule has 1 unspecified atom stereocenters. The van der Waals surface area contributed by atoms with Crippen LogP contribution >= 0.6 is 0 Å². The van der Waals surface area contributed by atoms with Gasteiger partial charge in [0, 0.05) is 24.8 Å². The van der Waals surface area contributed by atoms with Crippen LogP contribution in [0.4, 0.5) is 5.69 Å². The molecule has 0 heterocycles. The Kier molecular flexibility index (Phi) is 5.49. The number of anilines is 1. The van der Waals surface area contributed by atoms with Gasteiger partial charge in [0.25, 0.3) is 0 Å². The molecule has 1 rings (SSSR count). The monoisotopic (exact) mass is 234 g/mol. The van der Waals surface area contributed by atoms with Gasteiger partial charge in [0.15, 0.2) is 0 Å². The molecule has 2 nitrogen and oxygen atoms in total. The molecular weight excluding hydrogens is 208 g/mol. The number of nitrogens with zero attached hydrogens (tertiary/aromatic N) is 1. The molecule has 0 bridgehead atoms. The molecule has 0 saturated heterocycles. The summed E-state index contributed by atoms with van der Waals surface area (Å²) in [6.07, 6.45) is 1.23.